The zero-order valence-electron chi connectivity index (χ0n) is 6.94. The number of hydrogen-bond acceptors (Lipinski definition) is 3. The third-order valence-electron chi connectivity index (χ3n) is 1.77. The van der Waals surface area contributed by atoms with Gasteiger partial charge in [-0.25, -0.2) is 14.2 Å². The van der Waals surface area contributed by atoms with Crippen LogP contribution in [0.4, 0.5) is 4.39 Å². The maximum Gasteiger partial charge on any atom is 0.357 e. The van der Waals surface area contributed by atoms with Crippen molar-refractivity contribution in [2.45, 2.75) is 0 Å². The highest BCUT2D eigenvalue weighted by molar-refractivity contribution is 5.89. The molecule has 0 atom stereocenters. The molecule has 4 nitrogen and oxygen atoms in total. The lowest BCUT2D eigenvalue weighted by Gasteiger charge is -1.99. The first-order valence-corrected chi connectivity index (χ1v) is 3.82. The van der Waals surface area contributed by atoms with Gasteiger partial charge in [-0.1, -0.05) is 0 Å². The van der Waals surface area contributed by atoms with E-state index in [1.165, 1.54) is 18.5 Å². The third kappa shape index (κ3) is 1.28. The quantitative estimate of drug-likeness (QED) is 0.743. The monoisotopic (exact) mass is 192 g/mol. The molecule has 70 valence electrons. The van der Waals surface area contributed by atoms with Crippen LogP contribution in [0.5, 0.6) is 0 Å². The van der Waals surface area contributed by atoms with E-state index in [9.17, 15) is 9.18 Å². The number of halogens is 1. The van der Waals surface area contributed by atoms with Gasteiger partial charge in [-0.2, -0.15) is 0 Å². The summed E-state index contributed by atoms with van der Waals surface area (Å²) in [6.45, 7) is 0. The van der Waals surface area contributed by atoms with Crippen molar-refractivity contribution >= 4 is 16.9 Å². The Balaban J connectivity index is 2.77. The van der Waals surface area contributed by atoms with E-state index in [1.54, 1.807) is 0 Å². The fourth-order valence-electron chi connectivity index (χ4n) is 1.14. The van der Waals surface area contributed by atoms with Gasteiger partial charge in [0.05, 0.1) is 5.52 Å². The van der Waals surface area contributed by atoms with E-state index in [0.717, 1.165) is 6.07 Å². The molecule has 2 aromatic rings. The highest BCUT2D eigenvalue weighted by Gasteiger charge is 2.12. The van der Waals surface area contributed by atoms with E-state index in [2.05, 4.69) is 9.97 Å². The highest BCUT2D eigenvalue weighted by Crippen LogP contribution is 2.14. The second-order valence-corrected chi connectivity index (χ2v) is 2.69. The Morgan fingerprint density at radius 1 is 1.50 bits per heavy atom. The summed E-state index contributed by atoms with van der Waals surface area (Å²) in [5.41, 5.74) is -0.150. The number of pyridine rings is 2. The summed E-state index contributed by atoms with van der Waals surface area (Å²) in [7, 11) is 0. The molecule has 0 bridgehead atoms. The van der Waals surface area contributed by atoms with Crippen LogP contribution in [-0.2, 0) is 0 Å². The molecule has 0 unspecified atom stereocenters. The summed E-state index contributed by atoms with van der Waals surface area (Å²) in [6, 6.07) is 2.64. The topological polar surface area (TPSA) is 63.1 Å². The van der Waals surface area contributed by atoms with Gasteiger partial charge < -0.3 is 5.11 Å². The summed E-state index contributed by atoms with van der Waals surface area (Å²) in [5, 5.41) is 9.09. The van der Waals surface area contributed by atoms with Gasteiger partial charge in [0, 0.05) is 17.8 Å². The van der Waals surface area contributed by atoms with Crippen molar-refractivity contribution in [3.8, 4) is 0 Å². The van der Waals surface area contributed by atoms with Crippen LogP contribution in [0.1, 0.15) is 10.5 Å². The molecular weight excluding hydrogens is 187 g/mol. The summed E-state index contributed by atoms with van der Waals surface area (Å²) >= 11 is 0. The van der Waals surface area contributed by atoms with Crippen LogP contribution in [0.25, 0.3) is 10.9 Å². The number of carboxylic acid groups (broad SMARTS) is 1. The van der Waals surface area contributed by atoms with Crippen LogP contribution in [0.2, 0.25) is 0 Å². The minimum atomic E-state index is -1.37. The normalized spacial score (nSPS) is 10.4. The van der Waals surface area contributed by atoms with Gasteiger partial charge in [-0.3, -0.25) is 4.98 Å². The molecule has 0 saturated carbocycles. The fourth-order valence-corrected chi connectivity index (χ4v) is 1.14. The number of aromatic carboxylic acids is 1. The molecule has 14 heavy (non-hydrogen) atoms. The molecule has 0 fully saturated rings. The van der Waals surface area contributed by atoms with E-state index in [-0.39, 0.29) is 0 Å². The molecule has 1 N–H and O–H groups in total. The third-order valence-corrected chi connectivity index (χ3v) is 1.77. The van der Waals surface area contributed by atoms with Crippen molar-refractivity contribution in [3.05, 3.63) is 36.0 Å². The van der Waals surface area contributed by atoms with Gasteiger partial charge in [-0.05, 0) is 12.1 Å². The van der Waals surface area contributed by atoms with Crippen molar-refractivity contribution in [2.24, 2.45) is 0 Å². The van der Waals surface area contributed by atoms with E-state index >= 15 is 0 Å². The molecular formula is C9H5FN2O2. The maximum absolute atomic E-state index is 13.1. The summed E-state index contributed by atoms with van der Waals surface area (Å²) < 4.78 is 13.1. The molecule has 0 radical (unpaired) electrons. The first-order valence-electron chi connectivity index (χ1n) is 3.82. The predicted molar refractivity (Wildman–Crippen MR) is 46.5 cm³/mol. The van der Waals surface area contributed by atoms with E-state index in [1.807, 2.05) is 0 Å². The average molecular weight is 192 g/mol. The molecule has 0 spiro atoms. The van der Waals surface area contributed by atoms with Crippen molar-refractivity contribution in [1.82, 2.24) is 9.97 Å². The van der Waals surface area contributed by atoms with Crippen LogP contribution >= 0.6 is 0 Å². The second kappa shape index (κ2) is 3.02. The van der Waals surface area contributed by atoms with Gasteiger partial charge >= 0.3 is 5.97 Å². The number of carbonyl (C=O) groups is 1. The van der Waals surface area contributed by atoms with E-state index < -0.39 is 17.5 Å². The fraction of sp³-hybridized carbons (Fsp3) is 0. The Morgan fingerprint density at radius 3 is 3.00 bits per heavy atom. The predicted octanol–water partition coefficient (Wildman–Crippen LogP) is 1.47. The number of nitrogens with zero attached hydrogens (tertiary/aromatic N) is 2. The van der Waals surface area contributed by atoms with Gasteiger partial charge in [0.2, 0.25) is 0 Å². The Bertz CT molecular complexity index is 513. The lowest BCUT2D eigenvalue weighted by atomic mass is 10.2. The molecule has 2 aromatic heterocycles. The van der Waals surface area contributed by atoms with E-state index in [0.29, 0.717) is 10.9 Å². The Labute approximate surface area is 78.0 Å². The van der Waals surface area contributed by atoms with Gasteiger partial charge in [-0.15, -0.1) is 0 Å². The van der Waals surface area contributed by atoms with Crippen molar-refractivity contribution in [1.29, 1.82) is 0 Å². The smallest absolute Gasteiger partial charge is 0.357 e. The number of hydrogen-bond donors (Lipinski definition) is 1. The molecule has 0 aliphatic rings. The first-order chi connectivity index (χ1) is 6.68. The Kier molecular flexibility index (Phi) is 1.85. The van der Waals surface area contributed by atoms with E-state index in [4.69, 9.17) is 5.11 Å². The summed E-state index contributed by atoms with van der Waals surface area (Å²) in [6.07, 6.45) is 2.90. The Hall–Kier alpha value is -2.04. The molecule has 0 aromatic carbocycles. The zero-order chi connectivity index (χ0) is 10.1. The van der Waals surface area contributed by atoms with Crippen LogP contribution in [-0.4, -0.2) is 21.0 Å². The Morgan fingerprint density at radius 2 is 2.29 bits per heavy atom. The maximum atomic E-state index is 13.1. The van der Waals surface area contributed by atoms with Gasteiger partial charge in [0.1, 0.15) is 0 Å². The average Bonchev–Trinajstić information content (AvgIpc) is 2.16. The molecule has 0 saturated heterocycles. The lowest BCUT2D eigenvalue weighted by molar-refractivity contribution is 0.0685. The highest BCUT2D eigenvalue weighted by atomic mass is 19.1. The van der Waals surface area contributed by atoms with Crippen LogP contribution in [0.3, 0.4) is 0 Å². The van der Waals surface area contributed by atoms with Crippen LogP contribution in [0, 0.1) is 5.82 Å². The SMILES string of the molecule is O=C(O)c1nc2ccncc2cc1F. The molecule has 0 aliphatic carbocycles. The van der Waals surface area contributed by atoms with Crippen molar-refractivity contribution in [3.63, 3.8) is 0 Å². The molecule has 0 aliphatic heterocycles. The van der Waals surface area contributed by atoms with Crippen LogP contribution < -0.4 is 0 Å². The van der Waals surface area contributed by atoms with Gasteiger partial charge in [0.15, 0.2) is 11.5 Å². The number of rotatable bonds is 1. The minimum absolute atomic E-state index is 0.416. The number of carboxylic acids is 1. The standard InChI is InChI=1S/C9H5FN2O2/c10-6-3-5-4-11-2-1-7(5)12-8(6)9(13)14/h1-4H,(H,13,14). The van der Waals surface area contributed by atoms with Crippen LogP contribution in [0.15, 0.2) is 24.5 Å². The second-order valence-electron chi connectivity index (χ2n) is 2.69. The summed E-state index contributed by atoms with van der Waals surface area (Å²) in [5.74, 6) is -2.22. The van der Waals surface area contributed by atoms with Gasteiger partial charge in [0.25, 0.3) is 0 Å². The number of fused-ring (bicyclic) bond motifs is 1. The first kappa shape index (κ1) is 8.55. The van der Waals surface area contributed by atoms with Crippen molar-refractivity contribution in [2.75, 3.05) is 0 Å². The summed E-state index contributed by atoms with van der Waals surface area (Å²) in [4.78, 5) is 18.0. The molecule has 2 heterocycles. The molecule has 0 amide bonds. The largest absolute Gasteiger partial charge is 0.476 e. The molecule has 2 rings (SSSR count). The molecule has 5 heteroatoms. The minimum Gasteiger partial charge on any atom is -0.476 e. The zero-order valence-corrected chi connectivity index (χ0v) is 6.94. The van der Waals surface area contributed by atoms with Crippen molar-refractivity contribution < 1.29 is 14.3 Å². The lowest BCUT2D eigenvalue weighted by Crippen LogP contribution is -2.04. The number of aromatic nitrogens is 2.